The lowest BCUT2D eigenvalue weighted by atomic mass is 10.1. The Balaban J connectivity index is 2.53. The Morgan fingerprint density at radius 1 is 1.25 bits per heavy atom. The van der Waals surface area contributed by atoms with Gasteiger partial charge in [0.1, 0.15) is 0 Å². The van der Waals surface area contributed by atoms with Crippen molar-refractivity contribution in [2.45, 2.75) is 13.8 Å². The van der Waals surface area contributed by atoms with Gasteiger partial charge in [-0.2, -0.15) is 0 Å². The van der Waals surface area contributed by atoms with Gasteiger partial charge in [0, 0.05) is 16.0 Å². The van der Waals surface area contributed by atoms with E-state index < -0.39 is 0 Å². The molecule has 0 aliphatic heterocycles. The van der Waals surface area contributed by atoms with Crippen molar-refractivity contribution in [3.05, 3.63) is 34.3 Å². The first kappa shape index (κ1) is 12.9. The predicted octanol–water partition coefficient (Wildman–Crippen LogP) is 2.40. The van der Waals surface area contributed by atoms with E-state index >= 15 is 0 Å². The summed E-state index contributed by atoms with van der Waals surface area (Å²) >= 11 is 3.29. The fourth-order valence-corrected chi connectivity index (χ4v) is 1.37. The second-order valence-corrected chi connectivity index (χ2v) is 4.72. The van der Waals surface area contributed by atoms with Crippen molar-refractivity contribution in [1.82, 2.24) is 5.32 Å². The summed E-state index contributed by atoms with van der Waals surface area (Å²) in [5, 5.41) is 2.59. The Hall–Kier alpha value is -1.16. The maximum absolute atomic E-state index is 11.7. The Kier molecular flexibility index (Phi) is 4.68. The molecule has 16 heavy (non-hydrogen) atoms. The maximum atomic E-state index is 11.7. The molecule has 1 amide bonds. The zero-order valence-electron chi connectivity index (χ0n) is 9.29. The highest BCUT2D eigenvalue weighted by Crippen LogP contribution is 2.10. The van der Waals surface area contributed by atoms with Crippen LogP contribution in [0.25, 0.3) is 0 Å². The summed E-state index contributed by atoms with van der Waals surface area (Å²) in [7, 11) is 0. The van der Waals surface area contributed by atoms with Gasteiger partial charge in [-0.25, -0.2) is 0 Å². The van der Waals surface area contributed by atoms with Crippen LogP contribution in [-0.4, -0.2) is 18.2 Å². The van der Waals surface area contributed by atoms with Gasteiger partial charge in [-0.05, 0) is 12.1 Å². The Labute approximate surface area is 103 Å². The van der Waals surface area contributed by atoms with Gasteiger partial charge in [-0.15, -0.1) is 0 Å². The summed E-state index contributed by atoms with van der Waals surface area (Å²) in [6.07, 6.45) is 0. The number of ketones is 1. The highest BCUT2D eigenvalue weighted by Gasteiger charge is 2.10. The number of rotatable bonds is 4. The highest BCUT2D eigenvalue weighted by atomic mass is 79.9. The molecule has 4 heteroatoms. The maximum Gasteiger partial charge on any atom is 0.222 e. The first-order valence-corrected chi connectivity index (χ1v) is 5.86. The van der Waals surface area contributed by atoms with Gasteiger partial charge >= 0.3 is 0 Å². The van der Waals surface area contributed by atoms with Gasteiger partial charge < -0.3 is 5.32 Å². The number of hydrogen-bond donors (Lipinski definition) is 1. The number of benzene rings is 1. The zero-order chi connectivity index (χ0) is 12.1. The number of carbonyl (C=O) groups excluding carboxylic acids is 2. The van der Waals surface area contributed by atoms with E-state index in [1.807, 2.05) is 0 Å². The van der Waals surface area contributed by atoms with E-state index in [9.17, 15) is 9.59 Å². The van der Waals surface area contributed by atoms with Crippen LogP contribution in [0.2, 0.25) is 0 Å². The second kappa shape index (κ2) is 5.80. The van der Waals surface area contributed by atoms with E-state index in [1.54, 1.807) is 38.1 Å². The van der Waals surface area contributed by atoms with Crippen LogP contribution in [0.4, 0.5) is 0 Å². The number of amides is 1. The summed E-state index contributed by atoms with van der Waals surface area (Å²) in [6.45, 7) is 3.64. The van der Waals surface area contributed by atoms with E-state index in [0.717, 1.165) is 4.47 Å². The van der Waals surface area contributed by atoms with Gasteiger partial charge in [-0.1, -0.05) is 41.9 Å². The van der Waals surface area contributed by atoms with Crippen molar-refractivity contribution in [2.75, 3.05) is 6.54 Å². The Morgan fingerprint density at radius 3 is 2.31 bits per heavy atom. The summed E-state index contributed by atoms with van der Waals surface area (Å²) in [5.74, 6) is -0.287. The molecule has 1 N–H and O–H groups in total. The topological polar surface area (TPSA) is 46.2 Å². The molecule has 0 saturated heterocycles. The number of carbonyl (C=O) groups is 2. The molecule has 0 spiro atoms. The van der Waals surface area contributed by atoms with Crippen molar-refractivity contribution in [3.8, 4) is 0 Å². The van der Waals surface area contributed by atoms with Gasteiger partial charge in [0.15, 0.2) is 5.78 Å². The Bertz CT molecular complexity index is 385. The van der Waals surface area contributed by atoms with Crippen molar-refractivity contribution < 1.29 is 9.59 Å². The first-order valence-electron chi connectivity index (χ1n) is 5.07. The van der Waals surface area contributed by atoms with Gasteiger partial charge in [0.25, 0.3) is 0 Å². The minimum absolute atomic E-state index is 0.0542. The lowest BCUT2D eigenvalue weighted by Gasteiger charge is -2.06. The van der Waals surface area contributed by atoms with Crippen molar-refractivity contribution in [2.24, 2.45) is 5.92 Å². The summed E-state index contributed by atoms with van der Waals surface area (Å²) in [6, 6.07) is 7.07. The smallest absolute Gasteiger partial charge is 0.222 e. The minimum atomic E-state index is -0.106. The molecule has 0 aliphatic carbocycles. The zero-order valence-corrected chi connectivity index (χ0v) is 10.9. The molecule has 1 aromatic rings. The van der Waals surface area contributed by atoms with Crippen LogP contribution in [0.15, 0.2) is 28.7 Å². The average molecular weight is 284 g/mol. The molecule has 0 aliphatic rings. The van der Waals surface area contributed by atoms with Crippen molar-refractivity contribution in [3.63, 3.8) is 0 Å². The van der Waals surface area contributed by atoms with Crippen LogP contribution >= 0.6 is 15.9 Å². The molecular formula is C12H14BrNO2. The van der Waals surface area contributed by atoms with Crippen molar-refractivity contribution in [1.29, 1.82) is 0 Å². The average Bonchev–Trinajstić information content (AvgIpc) is 2.26. The third-order valence-corrected chi connectivity index (χ3v) is 2.64. The third-order valence-electron chi connectivity index (χ3n) is 2.11. The van der Waals surface area contributed by atoms with Crippen LogP contribution in [0.1, 0.15) is 24.2 Å². The van der Waals surface area contributed by atoms with Crippen LogP contribution in [0, 0.1) is 5.92 Å². The second-order valence-electron chi connectivity index (χ2n) is 3.80. The summed E-state index contributed by atoms with van der Waals surface area (Å²) < 4.78 is 0.926. The molecule has 1 aromatic carbocycles. The van der Waals surface area contributed by atoms with E-state index in [4.69, 9.17) is 0 Å². The standard InChI is InChI=1S/C12H14BrNO2/c1-8(2)12(16)14-7-11(15)9-3-5-10(13)6-4-9/h3-6,8H,7H2,1-2H3,(H,14,16). The molecule has 0 atom stereocenters. The quantitative estimate of drug-likeness (QED) is 0.863. The number of halogens is 1. The number of Topliss-reactive ketones (excluding diaryl/α,β-unsaturated/α-hetero) is 1. The van der Waals surface area contributed by atoms with Gasteiger partial charge in [0.2, 0.25) is 5.91 Å². The minimum Gasteiger partial charge on any atom is -0.348 e. The molecule has 0 fully saturated rings. The molecule has 0 heterocycles. The Morgan fingerprint density at radius 2 is 1.81 bits per heavy atom. The molecule has 86 valence electrons. The van der Waals surface area contributed by atoms with Crippen LogP contribution in [0.5, 0.6) is 0 Å². The predicted molar refractivity (Wildman–Crippen MR) is 66.3 cm³/mol. The van der Waals surface area contributed by atoms with Crippen LogP contribution in [-0.2, 0) is 4.79 Å². The molecule has 0 unspecified atom stereocenters. The van der Waals surface area contributed by atoms with Crippen LogP contribution in [0.3, 0.4) is 0 Å². The lowest BCUT2D eigenvalue weighted by molar-refractivity contribution is -0.123. The van der Waals surface area contributed by atoms with Crippen molar-refractivity contribution >= 4 is 27.6 Å². The van der Waals surface area contributed by atoms with Gasteiger partial charge in [-0.3, -0.25) is 9.59 Å². The summed E-state index contributed by atoms with van der Waals surface area (Å²) in [4.78, 5) is 22.9. The largest absolute Gasteiger partial charge is 0.348 e. The summed E-state index contributed by atoms with van der Waals surface area (Å²) in [5.41, 5.74) is 0.604. The molecule has 0 saturated carbocycles. The molecule has 0 bridgehead atoms. The monoisotopic (exact) mass is 283 g/mol. The number of hydrogen-bond acceptors (Lipinski definition) is 2. The molecule has 0 aromatic heterocycles. The molecule has 1 rings (SSSR count). The van der Waals surface area contributed by atoms with Crippen LogP contribution < -0.4 is 5.32 Å². The molecule has 3 nitrogen and oxygen atoms in total. The van der Waals surface area contributed by atoms with Gasteiger partial charge in [0.05, 0.1) is 6.54 Å². The molecule has 0 radical (unpaired) electrons. The highest BCUT2D eigenvalue weighted by molar-refractivity contribution is 9.10. The first-order chi connectivity index (χ1) is 7.50. The SMILES string of the molecule is CC(C)C(=O)NCC(=O)c1ccc(Br)cc1. The van der Waals surface area contributed by atoms with E-state index in [2.05, 4.69) is 21.2 Å². The van der Waals surface area contributed by atoms with E-state index in [-0.39, 0.29) is 24.2 Å². The fraction of sp³-hybridized carbons (Fsp3) is 0.333. The fourth-order valence-electron chi connectivity index (χ4n) is 1.11. The molecular weight excluding hydrogens is 270 g/mol. The van der Waals surface area contributed by atoms with E-state index in [0.29, 0.717) is 5.56 Å². The lowest BCUT2D eigenvalue weighted by Crippen LogP contribution is -2.32. The third kappa shape index (κ3) is 3.77. The van der Waals surface area contributed by atoms with E-state index in [1.165, 1.54) is 0 Å². The normalized spacial score (nSPS) is 10.2. The number of nitrogens with one attached hydrogen (secondary N) is 1.